The zero-order valence-corrected chi connectivity index (χ0v) is 10.4. The van der Waals surface area contributed by atoms with Crippen molar-refractivity contribution < 1.29 is 0 Å². The van der Waals surface area contributed by atoms with Crippen LogP contribution in [0.5, 0.6) is 0 Å². The molecule has 0 unspecified atom stereocenters. The van der Waals surface area contributed by atoms with Gasteiger partial charge in [-0.3, -0.25) is 9.88 Å². The fraction of sp³-hybridized carbons (Fsp3) is 0.583. The zero-order valence-electron chi connectivity index (χ0n) is 10.4. The maximum absolute atomic E-state index is 5.81. The van der Waals surface area contributed by atoms with E-state index < -0.39 is 0 Å². The summed E-state index contributed by atoms with van der Waals surface area (Å²) in [5, 5.41) is 3.35. The van der Waals surface area contributed by atoms with E-state index >= 15 is 0 Å². The molecule has 0 aromatic carbocycles. The largest absolute Gasteiger partial charge is 0.396 e. The van der Waals surface area contributed by atoms with E-state index in [0.717, 1.165) is 45.0 Å². The van der Waals surface area contributed by atoms with Crippen molar-refractivity contribution in [3.8, 4) is 0 Å². The molecule has 3 N–H and O–H groups in total. The summed E-state index contributed by atoms with van der Waals surface area (Å²) in [5.74, 6) is 0. The van der Waals surface area contributed by atoms with Gasteiger partial charge in [-0.25, -0.2) is 0 Å². The first-order valence-electron chi connectivity index (χ1n) is 6.10. The molecule has 2 heterocycles. The van der Waals surface area contributed by atoms with Crippen LogP contribution in [0.3, 0.4) is 0 Å². The third-order valence-corrected chi connectivity index (χ3v) is 3.19. The van der Waals surface area contributed by atoms with Crippen LogP contribution in [0.15, 0.2) is 18.5 Å². The summed E-state index contributed by atoms with van der Waals surface area (Å²) in [7, 11) is 2.17. The number of nitrogens with zero attached hydrogens (tertiary/aromatic N) is 3. The minimum absolute atomic E-state index is 0.714. The van der Waals surface area contributed by atoms with Gasteiger partial charge in [0.15, 0.2) is 0 Å². The lowest BCUT2D eigenvalue weighted by Crippen LogP contribution is -2.45. The highest BCUT2D eigenvalue weighted by Gasteiger charge is 2.12. The summed E-state index contributed by atoms with van der Waals surface area (Å²) in [4.78, 5) is 8.81. The number of hydrogen-bond donors (Lipinski definition) is 2. The average Bonchev–Trinajstić information content (AvgIpc) is 2.34. The molecule has 1 fully saturated rings. The molecule has 0 radical (unpaired) electrons. The third-order valence-electron chi connectivity index (χ3n) is 3.19. The van der Waals surface area contributed by atoms with Gasteiger partial charge in [0, 0.05) is 45.5 Å². The summed E-state index contributed by atoms with van der Waals surface area (Å²) in [5.41, 5.74) is 7.51. The van der Waals surface area contributed by atoms with E-state index in [1.54, 1.807) is 12.4 Å². The minimum Gasteiger partial charge on any atom is -0.396 e. The highest BCUT2D eigenvalue weighted by molar-refractivity contribution is 5.64. The van der Waals surface area contributed by atoms with Crippen LogP contribution in [0.25, 0.3) is 0 Å². The molecule has 0 bridgehead atoms. The molecule has 0 atom stereocenters. The second-order valence-electron chi connectivity index (χ2n) is 4.53. The summed E-state index contributed by atoms with van der Waals surface area (Å²) in [6, 6.07) is 1.92. The molecule has 1 aliphatic heterocycles. The van der Waals surface area contributed by atoms with Crippen molar-refractivity contribution in [1.82, 2.24) is 14.8 Å². The normalized spacial score (nSPS) is 18.2. The molecule has 1 aromatic heterocycles. The molecular formula is C12H21N5. The summed E-state index contributed by atoms with van der Waals surface area (Å²) < 4.78 is 0. The molecule has 1 aromatic rings. The van der Waals surface area contributed by atoms with Crippen LogP contribution >= 0.6 is 0 Å². The average molecular weight is 235 g/mol. The Morgan fingerprint density at radius 1 is 1.35 bits per heavy atom. The first-order chi connectivity index (χ1) is 8.25. The fourth-order valence-electron chi connectivity index (χ4n) is 1.99. The van der Waals surface area contributed by atoms with E-state index in [4.69, 9.17) is 5.73 Å². The number of hydrogen-bond acceptors (Lipinski definition) is 5. The van der Waals surface area contributed by atoms with Crippen LogP contribution in [0.2, 0.25) is 0 Å². The molecule has 5 heteroatoms. The highest BCUT2D eigenvalue weighted by atomic mass is 15.2. The Morgan fingerprint density at radius 2 is 2.12 bits per heavy atom. The number of nitrogen functional groups attached to an aromatic ring is 1. The number of nitrogens with one attached hydrogen (secondary N) is 1. The van der Waals surface area contributed by atoms with Gasteiger partial charge in [0.05, 0.1) is 17.6 Å². The van der Waals surface area contributed by atoms with Gasteiger partial charge < -0.3 is 16.0 Å². The number of pyridine rings is 1. The Morgan fingerprint density at radius 3 is 2.82 bits per heavy atom. The Bertz CT molecular complexity index is 347. The predicted octanol–water partition coefficient (Wildman–Crippen LogP) is 0.323. The molecule has 1 saturated heterocycles. The lowest BCUT2D eigenvalue weighted by molar-refractivity contribution is 0.158. The topological polar surface area (TPSA) is 57.4 Å². The van der Waals surface area contributed by atoms with E-state index in [9.17, 15) is 0 Å². The molecule has 0 aliphatic carbocycles. The van der Waals surface area contributed by atoms with Crippen molar-refractivity contribution >= 4 is 11.4 Å². The first-order valence-corrected chi connectivity index (χ1v) is 6.10. The van der Waals surface area contributed by atoms with Crippen molar-refractivity contribution in [3.05, 3.63) is 18.5 Å². The van der Waals surface area contributed by atoms with Crippen LogP contribution in [-0.2, 0) is 0 Å². The molecule has 5 nitrogen and oxygen atoms in total. The molecule has 0 amide bonds. The van der Waals surface area contributed by atoms with Gasteiger partial charge in [0.25, 0.3) is 0 Å². The van der Waals surface area contributed by atoms with Crippen LogP contribution in [0, 0.1) is 0 Å². The number of anilines is 2. The Labute approximate surface area is 103 Å². The maximum Gasteiger partial charge on any atom is 0.0736 e. The van der Waals surface area contributed by atoms with Crippen molar-refractivity contribution in [1.29, 1.82) is 0 Å². The van der Waals surface area contributed by atoms with E-state index in [1.807, 2.05) is 6.07 Å². The van der Waals surface area contributed by atoms with Crippen LogP contribution in [0.1, 0.15) is 0 Å². The molecule has 2 rings (SSSR count). The summed E-state index contributed by atoms with van der Waals surface area (Å²) in [6.07, 6.45) is 3.44. The third kappa shape index (κ3) is 3.57. The van der Waals surface area contributed by atoms with Crippen molar-refractivity contribution in [2.75, 3.05) is 57.4 Å². The Hall–Kier alpha value is -1.33. The van der Waals surface area contributed by atoms with E-state index in [1.165, 1.54) is 0 Å². The van der Waals surface area contributed by atoms with Crippen LogP contribution in [-0.4, -0.2) is 61.1 Å². The Balaban J connectivity index is 1.71. The summed E-state index contributed by atoms with van der Waals surface area (Å²) in [6.45, 7) is 6.64. The minimum atomic E-state index is 0.714. The molecule has 0 saturated carbocycles. The van der Waals surface area contributed by atoms with Gasteiger partial charge in [0.2, 0.25) is 0 Å². The van der Waals surface area contributed by atoms with E-state index in [0.29, 0.717) is 5.69 Å². The smallest absolute Gasteiger partial charge is 0.0736 e. The number of piperazine rings is 1. The predicted molar refractivity (Wildman–Crippen MR) is 71.1 cm³/mol. The standard InChI is InChI=1S/C12H21N5/c1-16-6-8-17(9-7-16)5-4-15-12-2-3-14-10-11(12)13/h2-3,10H,4-9,13H2,1H3,(H,14,15). The van der Waals surface area contributed by atoms with E-state index in [2.05, 4.69) is 27.1 Å². The SMILES string of the molecule is CN1CCN(CCNc2ccncc2N)CC1. The zero-order chi connectivity index (χ0) is 12.1. The lowest BCUT2D eigenvalue weighted by Gasteiger charge is -2.32. The van der Waals surface area contributed by atoms with Gasteiger partial charge in [-0.05, 0) is 13.1 Å². The van der Waals surface area contributed by atoms with Gasteiger partial charge in [-0.2, -0.15) is 0 Å². The Kier molecular flexibility index (Phi) is 4.17. The number of rotatable bonds is 4. The molecule has 94 valence electrons. The lowest BCUT2D eigenvalue weighted by atomic mass is 10.3. The first kappa shape index (κ1) is 12.1. The van der Waals surface area contributed by atoms with Crippen molar-refractivity contribution in [2.45, 2.75) is 0 Å². The summed E-state index contributed by atoms with van der Waals surface area (Å²) >= 11 is 0. The quantitative estimate of drug-likeness (QED) is 0.787. The highest BCUT2D eigenvalue weighted by Crippen LogP contribution is 2.14. The molecular weight excluding hydrogens is 214 g/mol. The number of nitrogens with two attached hydrogens (primary N) is 1. The fourth-order valence-corrected chi connectivity index (χ4v) is 1.99. The molecule has 17 heavy (non-hydrogen) atoms. The molecule has 0 spiro atoms. The van der Waals surface area contributed by atoms with Crippen molar-refractivity contribution in [2.24, 2.45) is 0 Å². The number of likely N-dealkylation sites (N-methyl/N-ethyl adjacent to an activating group) is 1. The van der Waals surface area contributed by atoms with Crippen LogP contribution in [0.4, 0.5) is 11.4 Å². The van der Waals surface area contributed by atoms with E-state index in [-0.39, 0.29) is 0 Å². The van der Waals surface area contributed by atoms with Gasteiger partial charge in [0.1, 0.15) is 0 Å². The van der Waals surface area contributed by atoms with Gasteiger partial charge in [-0.15, -0.1) is 0 Å². The van der Waals surface area contributed by atoms with Gasteiger partial charge in [-0.1, -0.05) is 0 Å². The maximum atomic E-state index is 5.81. The second-order valence-corrected chi connectivity index (χ2v) is 4.53. The van der Waals surface area contributed by atoms with Crippen molar-refractivity contribution in [3.63, 3.8) is 0 Å². The second kappa shape index (κ2) is 5.84. The molecule has 1 aliphatic rings. The van der Waals surface area contributed by atoms with Gasteiger partial charge >= 0.3 is 0 Å². The monoisotopic (exact) mass is 235 g/mol. The number of aromatic nitrogens is 1. The van der Waals surface area contributed by atoms with Crippen LogP contribution < -0.4 is 11.1 Å².